The molecule has 0 bridgehead atoms. The molecule has 0 fully saturated rings. The standard InChI is InChI=1S/C9H8F3NO3/c1-15-6-4-13-7(16-2)3-5(6)8(14)9(10,11)12/h3-4H,1-2H3. The summed E-state index contributed by atoms with van der Waals surface area (Å²) in [6, 6.07) is 0.884. The molecule has 0 aliphatic rings. The van der Waals surface area contributed by atoms with Gasteiger partial charge in [0.15, 0.2) is 0 Å². The molecule has 0 atom stereocenters. The summed E-state index contributed by atoms with van der Waals surface area (Å²) < 4.78 is 45.9. The van der Waals surface area contributed by atoms with Crippen LogP contribution in [0.5, 0.6) is 11.6 Å². The van der Waals surface area contributed by atoms with E-state index >= 15 is 0 Å². The quantitative estimate of drug-likeness (QED) is 0.750. The minimum absolute atomic E-state index is 0.0894. The highest BCUT2D eigenvalue weighted by Gasteiger charge is 2.41. The Bertz CT molecular complexity index is 403. The number of aromatic nitrogens is 1. The molecule has 1 aromatic heterocycles. The van der Waals surface area contributed by atoms with E-state index in [0.717, 1.165) is 19.4 Å². The van der Waals surface area contributed by atoms with Gasteiger partial charge in [0.05, 0.1) is 26.0 Å². The van der Waals surface area contributed by atoms with Crippen molar-refractivity contribution in [2.45, 2.75) is 6.18 Å². The molecule has 0 saturated carbocycles. The van der Waals surface area contributed by atoms with Crippen LogP contribution in [0.2, 0.25) is 0 Å². The van der Waals surface area contributed by atoms with Crippen LogP contribution < -0.4 is 9.47 Å². The molecule has 0 aliphatic carbocycles. The smallest absolute Gasteiger partial charge is 0.455 e. The Morgan fingerprint density at radius 2 is 1.94 bits per heavy atom. The minimum Gasteiger partial charge on any atom is -0.494 e. The molecule has 0 saturated heterocycles. The van der Waals surface area contributed by atoms with Crippen LogP contribution in [0.1, 0.15) is 10.4 Å². The summed E-state index contributed by atoms with van der Waals surface area (Å²) in [6.07, 6.45) is -3.96. The molecule has 16 heavy (non-hydrogen) atoms. The first-order valence-corrected chi connectivity index (χ1v) is 4.09. The minimum atomic E-state index is -4.96. The zero-order valence-corrected chi connectivity index (χ0v) is 8.46. The molecular weight excluding hydrogens is 227 g/mol. The number of alkyl halides is 3. The van der Waals surface area contributed by atoms with Crippen LogP contribution >= 0.6 is 0 Å². The largest absolute Gasteiger partial charge is 0.494 e. The van der Waals surface area contributed by atoms with Gasteiger partial charge in [-0.3, -0.25) is 4.79 Å². The molecule has 88 valence electrons. The zero-order chi connectivity index (χ0) is 12.3. The van der Waals surface area contributed by atoms with E-state index in [4.69, 9.17) is 0 Å². The fourth-order valence-corrected chi connectivity index (χ4v) is 1.03. The number of carbonyl (C=O) groups excluding carboxylic acids is 1. The SMILES string of the molecule is COc1cc(C(=O)C(F)(F)F)c(OC)cn1. The van der Waals surface area contributed by atoms with Crippen molar-refractivity contribution in [3.63, 3.8) is 0 Å². The normalized spacial score (nSPS) is 11.1. The van der Waals surface area contributed by atoms with Gasteiger partial charge in [-0.05, 0) is 0 Å². The van der Waals surface area contributed by atoms with Crippen molar-refractivity contribution >= 4 is 5.78 Å². The first-order valence-electron chi connectivity index (χ1n) is 4.09. The molecule has 0 amide bonds. The Morgan fingerprint density at radius 3 is 2.38 bits per heavy atom. The van der Waals surface area contributed by atoms with Crippen LogP contribution in [0, 0.1) is 0 Å². The van der Waals surface area contributed by atoms with Crippen LogP contribution in [-0.2, 0) is 0 Å². The maximum Gasteiger partial charge on any atom is 0.455 e. The van der Waals surface area contributed by atoms with E-state index in [1.165, 1.54) is 7.11 Å². The number of rotatable bonds is 3. The first-order chi connectivity index (χ1) is 7.40. The molecule has 4 nitrogen and oxygen atoms in total. The van der Waals surface area contributed by atoms with Crippen molar-refractivity contribution in [1.82, 2.24) is 4.98 Å². The third-order valence-corrected chi connectivity index (χ3v) is 1.77. The second-order valence-corrected chi connectivity index (χ2v) is 2.75. The average Bonchev–Trinajstić information content (AvgIpc) is 2.25. The van der Waals surface area contributed by atoms with Gasteiger partial charge in [-0.25, -0.2) is 4.98 Å². The lowest BCUT2D eigenvalue weighted by atomic mass is 10.1. The first kappa shape index (κ1) is 12.3. The molecule has 0 unspecified atom stereocenters. The molecular formula is C9H8F3NO3. The number of methoxy groups -OCH3 is 2. The number of ether oxygens (including phenoxy) is 2. The number of pyridine rings is 1. The molecule has 0 spiro atoms. The second-order valence-electron chi connectivity index (χ2n) is 2.75. The van der Waals surface area contributed by atoms with Crippen LogP contribution in [0.15, 0.2) is 12.3 Å². The third kappa shape index (κ3) is 2.41. The molecule has 0 N–H and O–H groups in total. The Morgan fingerprint density at radius 1 is 1.31 bits per heavy atom. The number of ketones is 1. The maximum atomic E-state index is 12.2. The van der Waals surface area contributed by atoms with Crippen molar-refractivity contribution in [2.75, 3.05) is 14.2 Å². The summed E-state index contributed by atoms with van der Waals surface area (Å²) in [5, 5.41) is 0. The zero-order valence-electron chi connectivity index (χ0n) is 8.46. The summed E-state index contributed by atoms with van der Waals surface area (Å²) in [5.41, 5.74) is -0.623. The van der Waals surface area contributed by atoms with E-state index in [1.807, 2.05) is 0 Å². The molecule has 0 aliphatic heterocycles. The average molecular weight is 235 g/mol. The summed E-state index contributed by atoms with van der Waals surface area (Å²) in [4.78, 5) is 14.7. The molecule has 1 rings (SSSR count). The monoisotopic (exact) mass is 235 g/mol. The van der Waals surface area contributed by atoms with Gasteiger partial charge in [0.2, 0.25) is 5.88 Å². The summed E-state index contributed by atoms with van der Waals surface area (Å²) in [7, 11) is 2.38. The lowest BCUT2D eigenvalue weighted by Gasteiger charge is -2.10. The van der Waals surface area contributed by atoms with Crippen LogP contribution in [0.4, 0.5) is 13.2 Å². The van der Waals surface area contributed by atoms with E-state index in [-0.39, 0.29) is 11.6 Å². The van der Waals surface area contributed by atoms with Crippen LogP contribution in [0.3, 0.4) is 0 Å². The predicted molar refractivity (Wildman–Crippen MR) is 47.7 cm³/mol. The van der Waals surface area contributed by atoms with Crippen molar-refractivity contribution in [2.24, 2.45) is 0 Å². The number of carbonyl (C=O) groups is 1. The highest BCUT2D eigenvalue weighted by atomic mass is 19.4. The number of hydrogen-bond donors (Lipinski definition) is 0. The van der Waals surface area contributed by atoms with Crippen molar-refractivity contribution in [1.29, 1.82) is 0 Å². The number of hydrogen-bond acceptors (Lipinski definition) is 4. The van der Waals surface area contributed by atoms with Gasteiger partial charge in [0.25, 0.3) is 5.78 Å². The van der Waals surface area contributed by atoms with E-state index in [9.17, 15) is 18.0 Å². The lowest BCUT2D eigenvalue weighted by Crippen LogP contribution is -2.23. The molecule has 1 aromatic rings. The van der Waals surface area contributed by atoms with Gasteiger partial charge in [-0.1, -0.05) is 0 Å². The highest BCUT2D eigenvalue weighted by Crippen LogP contribution is 2.28. The Hall–Kier alpha value is -1.79. The summed E-state index contributed by atoms with van der Waals surface area (Å²) in [5.74, 6) is -2.33. The van der Waals surface area contributed by atoms with Gasteiger partial charge in [0, 0.05) is 6.07 Å². The van der Waals surface area contributed by atoms with Gasteiger partial charge in [-0.2, -0.15) is 13.2 Å². The number of Topliss-reactive ketones (excluding diaryl/α,β-unsaturated/α-hetero) is 1. The Balaban J connectivity index is 3.24. The highest BCUT2D eigenvalue weighted by molar-refractivity contribution is 6.02. The van der Waals surface area contributed by atoms with Gasteiger partial charge < -0.3 is 9.47 Å². The van der Waals surface area contributed by atoms with Crippen molar-refractivity contribution in [3.8, 4) is 11.6 Å². The van der Waals surface area contributed by atoms with Gasteiger partial charge >= 0.3 is 6.18 Å². The molecule has 0 aromatic carbocycles. The predicted octanol–water partition coefficient (Wildman–Crippen LogP) is 1.84. The van der Waals surface area contributed by atoms with Crippen molar-refractivity contribution in [3.05, 3.63) is 17.8 Å². The molecule has 1 heterocycles. The van der Waals surface area contributed by atoms with E-state index in [2.05, 4.69) is 14.5 Å². The second kappa shape index (κ2) is 4.38. The fraction of sp³-hybridized carbons (Fsp3) is 0.333. The lowest BCUT2D eigenvalue weighted by molar-refractivity contribution is -0.0886. The van der Waals surface area contributed by atoms with E-state index in [1.54, 1.807) is 0 Å². The number of halogens is 3. The van der Waals surface area contributed by atoms with Gasteiger partial charge in [0.1, 0.15) is 5.75 Å². The van der Waals surface area contributed by atoms with Crippen molar-refractivity contribution < 1.29 is 27.4 Å². The van der Waals surface area contributed by atoms with Gasteiger partial charge in [-0.15, -0.1) is 0 Å². The Kier molecular flexibility index (Phi) is 3.36. The van der Waals surface area contributed by atoms with E-state index < -0.39 is 17.5 Å². The van der Waals surface area contributed by atoms with Crippen LogP contribution in [0.25, 0.3) is 0 Å². The topological polar surface area (TPSA) is 48.4 Å². The van der Waals surface area contributed by atoms with E-state index in [0.29, 0.717) is 0 Å². The molecule has 0 radical (unpaired) electrons. The Labute approximate surface area is 89.0 Å². The summed E-state index contributed by atoms with van der Waals surface area (Å²) in [6.45, 7) is 0. The third-order valence-electron chi connectivity index (χ3n) is 1.77. The number of nitrogens with zero attached hydrogens (tertiary/aromatic N) is 1. The molecule has 7 heteroatoms. The maximum absolute atomic E-state index is 12.2. The van der Waals surface area contributed by atoms with Crippen LogP contribution in [-0.4, -0.2) is 31.2 Å². The summed E-state index contributed by atoms with van der Waals surface area (Å²) >= 11 is 0. The fourth-order valence-electron chi connectivity index (χ4n) is 1.03.